The zero-order valence-corrected chi connectivity index (χ0v) is 17.0. The molecule has 1 aromatic heterocycles. The van der Waals surface area contributed by atoms with Gasteiger partial charge in [-0.2, -0.15) is 0 Å². The van der Waals surface area contributed by atoms with Crippen LogP contribution in [-0.4, -0.2) is 37.6 Å². The largest absolute Gasteiger partial charge is 0.501 e. The van der Waals surface area contributed by atoms with Gasteiger partial charge in [-0.05, 0) is 25.3 Å². The quantitative estimate of drug-likeness (QED) is 0.631. The minimum atomic E-state index is -1.58. The molecule has 1 amide bonds. The maximum atomic E-state index is 12.6. The molecular formula is C21H23N3O7. The molecule has 164 valence electrons. The number of Topliss-reactive ketones (excluding diaryl/α,β-unsaturated/α-hetero) is 1. The predicted octanol–water partition coefficient (Wildman–Crippen LogP) is 1.93. The van der Waals surface area contributed by atoms with Crippen LogP contribution < -0.4 is 10.9 Å². The molecule has 1 fully saturated rings. The van der Waals surface area contributed by atoms with E-state index in [1.165, 1.54) is 0 Å². The average Bonchev–Trinajstić information content (AvgIpc) is 2.76. The monoisotopic (exact) mass is 429 g/mol. The fraction of sp³-hybridized carbons (Fsp3) is 0.381. The van der Waals surface area contributed by atoms with Crippen LogP contribution in [0.1, 0.15) is 54.5 Å². The molecule has 0 unspecified atom stereocenters. The number of carbonyl (C=O) groups excluding carboxylic acids is 2. The van der Waals surface area contributed by atoms with Crippen LogP contribution in [0.25, 0.3) is 0 Å². The molecule has 0 atom stereocenters. The minimum Gasteiger partial charge on any atom is -0.501 e. The molecule has 0 radical (unpaired) electrons. The van der Waals surface area contributed by atoms with Gasteiger partial charge < -0.3 is 20.3 Å². The third-order valence-electron chi connectivity index (χ3n) is 5.31. The molecule has 1 aliphatic carbocycles. The van der Waals surface area contributed by atoms with Gasteiger partial charge in [-0.25, -0.2) is 14.6 Å². The van der Waals surface area contributed by atoms with Gasteiger partial charge in [0.05, 0.1) is 0 Å². The number of carbonyl (C=O) groups is 3. The van der Waals surface area contributed by atoms with E-state index in [1.54, 1.807) is 31.2 Å². The number of ketones is 1. The number of rotatable bonds is 6. The number of hydrogen-bond donors (Lipinski definition) is 3. The first-order valence-electron chi connectivity index (χ1n) is 9.85. The van der Waals surface area contributed by atoms with Crippen LogP contribution in [0.2, 0.25) is 0 Å². The number of hydrogen-bond acceptors (Lipinski definition) is 7. The fourth-order valence-corrected chi connectivity index (χ4v) is 3.67. The van der Waals surface area contributed by atoms with Gasteiger partial charge in [0.25, 0.3) is 5.56 Å². The number of aromatic carboxylic acids is 1. The molecule has 3 rings (SSSR count). The van der Waals surface area contributed by atoms with Crippen molar-refractivity contribution >= 4 is 17.8 Å². The normalized spacial score (nSPS) is 15.3. The van der Waals surface area contributed by atoms with Gasteiger partial charge in [-0.15, -0.1) is 0 Å². The van der Waals surface area contributed by atoms with E-state index in [9.17, 15) is 29.4 Å². The van der Waals surface area contributed by atoms with Crippen LogP contribution in [-0.2, 0) is 28.2 Å². The highest BCUT2D eigenvalue weighted by Gasteiger charge is 2.43. The summed E-state index contributed by atoms with van der Waals surface area (Å²) in [6.07, 6.45) is -0.338. The van der Waals surface area contributed by atoms with Gasteiger partial charge >= 0.3 is 12.1 Å². The number of nitrogens with one attached hydrogen (secondary N) is 1. The fourth-order valence-electron chi connectivity index (χ4n) is 3.67. The Kier molecular flexibility index (Phi) is 6.38. The molecule has 10 heteroatoms. The Morgan fingerprint density at radius 2 is 1.84 bits per heavy atom. The van der Waals surface area contributed by atoms with Gasteiger partial charge in [-0.1, -0.05) is 30.3 Å². The number of benzene rings is 1. The highest BCUT2D eigenvalue weighted by atomic mass is 16.5. The van der Waals surface area contributed by atoms with Crippen molar-refractivity contribution in [3.8, 4) is 5.75 Å². The average molecular weight is 429 g/mol. The molecule has 1 aliphatic rings. The van der Waals surface area contributed by atoms with Crippen molar-refractivity contribution in [1.29, 1.82) is 0 Å². The van der Waals surface area contributed by atoms with Gasteiger partial charge in [0, 0.05) is 19.4 Å². The zero-order chi connectivity index (χ0) is 22.6. The Balaban J connectivity index is 1.99. The SMILES string of the molecule is CCn1c(C2(NC(=O)OCc3ccccc3)CCC(=O)CC2)nc(C(=O)O)c(O)c1=O. The van der Waals surface area contributed by atoms with Crippen LogP contribution in [0.4, 0.5) is 4.79 Å². The van der Waals surface area contributed by atoms with Crippen molar-refractivity contribution in [2.75, 3.05) is 0 Å². The Labute approximate surface area is 177 Å². The van der Waals surface area contributed by atoms with Gasteiger partial charge in [0.2, 0.25) is 5.75 Å². The van der Waals surface area contributed by atoms with E-state index in [2.05, 4.69) is 10.3 Å². The number of carboxylic acids is 1. The standard InChI is InChI=1S/C21H23N3O7/c1-2-24-17(27)16(26)15(18(28)29)22-19(24)21(10-8-14(25)9-11-21)23-20(30)31-12-13-6-4-3-5-7-13/h3-7,26H,2,8-12H2,1H3,(H,23,30)(H,28,29). The minimum absolute atomic E-state index is 0.00560. The smallest absolute Gasteiger partial charge is 0.408 e. The van der Waals surface area contributed by atoms with Crippen molar-refractivity contribution in [2.45, 2.75) is 51.3 Å². The number of carboxylic acid groups (broad SMARTS) is 1. The van der Waals surface area contributed by atoms with Crippen LogP contribution >= 0.6 is 0 Å². The summed E-state index contributed by atoms with van der Waals surface area (Å²) in [5.41, 5.74) is -2.26. The van der Waals surface area contributed by atoms with Crippen molar-refractivity contribution in [1.82, 2.24) is 14.9 Å². The van der Waals surface area contributed by atoms with Gasteiger partial charge in [-0.3, -0.25) is 14.2 Å². The lowest BCUT2D eigenvalue weighted by Crippen LogP contribution is -2.52. The van der Waals surface area contributed by atoms with Crippen molar-refractivity contribution in [3.63, 3.8) is 0 Å². The molecule has 1 aromatic carbocycles. The molecule has 3 N–H and O–H groups in total. The lowest BCUT2D eigenvalue weighted by Gasteiger charge is -2.37. The highest BCUT2D eigenvalue weighted by Crippen LogP contribution is 2.35. The first kappa shape index (κ1) is 22.0. The van der Waals surface area contributed by atoms with Crippen LogP contribution in [0.5, 0.6) is 5.75 Å². The molecular weight excluding hydrogens is 406 g/mol. The molecule has 0 aliphatic heterocycles. The third kappa shape index (κ3) is 4.57. The Bertz CT molecular complexity index is 1050. The maximum Gasteiger partial charge on any atom is 0.408 e. The highest BCUT2D eigenvalue weighted by molar-refractivity contribution is 5.88. The first-order valence-corrected chi connectivity index (χ1v) is 9.85. The molecule has 0 saturated heterocycles. The number of alkyl carbamates (subject to hydrolysis) is 1. The van der Waals surface area contributed by atoms with Crippen molar-refractivity contribution < 1.29 is 29.3 Å². The third-order valence-corrected chi connectivity index (χ3v) is 5.31. The lowest BCUT2D eigenvalue weighted by molar-refractivity contribution is -0.121. The number of aromatic nitrogens is 2. The molecule has 1 heterocycles. The number of ether oxygens (including phenoxy) is 1. The summed E-state index contributed by atoms with van der Waals surface area (Å²) in [7, 11) is 0. The molecule has 2 aromatic rings. The summed E-state index contributed by atoms with van der Waals surface area (Å²) in [5.74, 6) is -2.60. The lowest BCUT2D eigenvalue weighted by atomic mass is 9.80. The summed E-state index contributed by atoms with van der Waals surface area (Å²) in [6.45, 7) is 1.71. The Morgan fingerprint density at radius 1 is 1.19 bits per heavy atom. The maximum absolute atomic E-state index is 12.6. The molecule has 0 spiro atoms. The van der Waals surface area contributed by atoms with E-state index < -0.39 is 34.6 Å². The summed E-state index contributed by atoms with van der Waals surface area (Å²) in [4.78, 5) is 52.6. The predicted molar refractivity (Wildman–Crippen MR) is 108 cm³/mol. The second-order valence-electron chi connectivity index (χ2n) is 7.29. The molecule has 1 saturated carbocycles. The summed E-state index contributed by atoms with van der Waals surface area (Å²) in [5, 5.41) is 22.1. The summed E-state index contributed by atoms with van der Waals surface area (Å²) < 4.78 is 6.40. The Morgan fingerprint density at radius 3 is 2.42 bits per heavy atom. The van der Waals surface area contributed by atoms with Crippen LogP contribution in [0.3, 0.4) is 0 Å². The molecule has 31 heavy (non-hydrogen) atoms. The first-order chi connectivity index (χ1) is 14.8. The second-order valence-corrected chi connectivity index (χ2v) is 7.29. The molecule has 10 nitrogen and oxygen atoms in total. The Hall–Kier alpha value is -3.69. The van der Waals surface area contributed by atoms with E-state index in [-0.39, 0.29) is 50.4 Å². The topological polar surface area (TPSA) is 148 Å². The number of amides is 1. The van der Waals surface area contributed by atoms with Crippen LogP contribution in [0, 0.1) is 0 Å². The van der Waals surface area contributed by atoms with Crippen molar-refractivity contribution in [3.05, 3.63) is 57.8 Å². The van der Waals surface area contributed by atoms with E-state index in [0.717, 1.165) is 10.1 Å². The number of nitrogens with zero attached hydrogens (tertiary/aromatic N) is 2. The van der Waals surface area contributed by atoms with E-state index in [1.807, 2.05) is 6.07 Å². The summed E-state index contributed by atoms with van der Waals surface area (Å²) in [6, 6.07) is 9.02. The van der Waals surface area contributed by atoms with E-state index in [4.69, 9.17) is 4.74 Å². The molecule has 0 bridgehead atoms. The second kappa shape index (κ2) is 8.99. The van der Waals surface area contributed by atoms with Gasteiger partial charge in [0.1, 0.15) is 23.8 Å². The zero-order valence-electron chi connectivity index (χ0n) is 17.0. The van der Waals surface area contributed by atoms with Crippen LogP contribution in [0.15, 0.2) is 35.1 Å². The summed E-state index contributed by atoms with van der Waals surface area (Å²) >= 11 is 0. The van der Waals surface area contributed by atoms with E-state index in [0.29, 0.717) is 0 Å². The number of aromatic hydroxyl groups is 1. The van der Waals surface area contributed by atoms with Gasteiger partial charge in [0.15, 0.2) is 5.69 Å². The van der Waals surface area contributed by atoms with E-state index >= 15 is 0 Å². The van der Waals surface area contributed by atoms with Crippen molar-refractivity contribution in [2.24, 2.45) is 0 Å².